The molecule has 0 spiro atoms. The molecule has 3 aromatic rings. The number of rotatable bonds is 8. The first-order valence-corrected chi connectivity index (χ1v) is 11.9. The number of carbonyl (C=O) groups is 1. The fourth-order valence-corrected chi connectivity index (χ4v) is 4.51. The van der Waals surface area contributed by atoms with E-state index in [1.54, 1.807) is 45.0 Å². The van der Waals surface area contributed by atoms with Gasteiger partial charge in [-0.2, -0.15) is 0 Å². The van der Waals surface area contributed by atoms with Crippen LogP contribution in [0, 0.1) is 0 Å². The van der Waals surface area contributed by atoms with Gasteiger partial charge in [-0.15, -0.1) is 10.2 Å². The van der Waals surface area contributed by atoms with Crippen LogP contribution in [0.4, 0.5) is 0 Å². The monoisotopic (exact) mass is 480 g/mol. The zero-order valence-electron chi connectivity index (χ0n) is 18.3. The smallest absolute Gasteiger partial charge is 0.290 e. The Balaban J connectivity index is 1.79. The van der Waals surface area contributed by atoms with Gasteiger partial charge in [-0.25, -0.2) is 13.1 Å². The van der Waals surface area contributed by atoms with Crippen molar-refractivity contribution < 1.29 is 22.0 Å². The van der Waals surface area contributed by atoms with E-state index in [1.807, 2.05) is 6.92 Å². The van der Waals surface area contributed by atoms with E-state index < -0.39 is 21.5 Å². The summed E-state index contributed by atoms with van der Waals surface area (Å²) in [6, 6.07) is 9.66. The number of amides is 1. The number of nitrogens with zero attached hydrogens (tertiary/aromatic N) is 3. The molecule has 11 heteroatoms. The Morgan fingerprint density at radius 1 is 1.12 bits per heavy atom. The van der Waals surface area contributed by atoms with Crippen molar-refractivity contribution in [3.8, 4) is 11.5 Å². The average molecular weight is 481 g/mol. The van der Waals surface area contributed by atoms with E-state index >= 15 is 0 Å². The number of halogens is 1. The first-order valence-electron chi connectivity index (χ1n) is 10.0. The topological polar surface area (TPSA) is 119 Å². The average Bonchev–Trinajstić information content (AvgIpc) is 3.36. The van der Waals surface area contributed by atoms with Crippen LogP contribution in [0.3, 0.4) is 0 Å². The molecule has 1 N–H and O–H groups in total. The maximum Gasteiger partial charge on any atom is 0.290 e. The quantitative estimate of drug-likeness (QED) is 0.515. The minimum Gasteiger partial charge on any atom is -0.438 e. The van der Waals surface area contributed by atoms with Crippen molar-refractivity contribution in [1.82, 2.24) is 19.8 Å². The Kier molecular flexibility index (Phi) is 7.06. The van der Waals surface area contributed by atoms with Crippen LogP contribution >= 0.6 is 11.6 Å². The Morgan fingerprint density at radius 3 is 2.50 bits per heavy atom. The highest BCUT2D eigenvalue weighted by atomic mass is 35.5. The van der Waals surface area contributed by atoms with Crippen molar-refractivity contribution in [2.45, 2.75) is 51.3 Å². The van der Waals surface area contributed by atoms with Gasteiger partial charge < -0.3 is 13.7 Å². The SMILES string of the molecule is CCCN(Cc1nnc(-c2ccccc2Cl)o1)C(=O)c1ccc(S(=O)(=O)NC(C)(C)C)o1. The lowest BCUT2D eigenvalue weighted by Gasteiger charge is -2.19. The summed E-state index contributed by atoms with van der Waals surface area (Å²) in [6.07, 6.45) is 0.661. The molecule has 1 aromatic carbocycles. The minimum atomic E-state index is -3.90. The van der Waals surface area contributed by atoms with Gasteiger partial charge in [0.05, 0.1) is 17.1 Å². The molecule has 1 amide bonds. The molecule has 0 atom stereocenters. The molecule has 172 valence electrons. The zero-order valence-corrected chi connectivity index (χ0v) is 19.8. The van der Waals surface area contributed by atoms with Crippen molar-refractivity contribution in [1.29, 1.82) is 0 Å². The third-order valence-corrected chi connectivity index (χ3v) is 6.14. The highest BCUT2D eigenvalue weighted by Crippen LogP contribution is 2.26. The van der Waals surface area contributed by atoms with Gasteiger partial charge in [-0.05, 0) is 51.5 Å². The van der Waals surface area contributed by atoms with Crippen molar-refractivity contribution in [2.24, 2.45) is 0 Å². The van der Waals surface area contributed by atoms with Gasteiger partial charge in [0.25, 0.3) is 15.9 Å². The van der Waals surface area contributed by atoms with Crippen molar-refractivity contribution in [2.75, 3.05) is 6.54 Å². The third-order valence-electron chi connectivity index (χ3n) is 4.18. The summed E-state index contributed by atoms with van der Waals surface area (Å²) >= 11 is 6.17. The number of sulfonamides is 1. The molecular weight excluding hydrogens is 456 g/mol. The Morgan fingerprint density at radius 2 is 1.84 bits per heavy atom. The number of nitrogens with one attached hydrogen (secondary N) is 1. The number of hydrogen-bond acceptors (Lipinski definition) is 7. The predicted molar refractivity (Wildman–Crippen MR) is 119 cm³/mol. The fraction of sp³-hybridized carbons (Fsp3) is 0.381. The summed E-state index contributed by atoms with van der Waals surface area (Å²) in [7, 11) is -3.90. The lowest BCUT2D eigenvalue weighted by atomic mass is 10.1. The molecule has 0 aliphatic rings. The number of carbonyl (C=O) groups excluding carboxylic acids is 1. The summed E-state index contributed by atoms with van der Waals surface area (Å²) < 4.78 is 38.5. The molecule has 3 rings (SSSR count). The van der Waals surface area contributed by atoms with Gasteiger partial charge in [-0.1, -0.05) is 30.7 Å². The summed E-state index contributed by atoms with van der Waals surface area (Å²) in [5, 5.41) is 8.17. The molecule has 2 heterocycles. The molecule has 0 aliphatic heterocycles. The van der Waals surface area contributed by atoms with Gasteiger partial charge in [-0.3, -0.25) is 4.79 Å². The number of benzene rings is 1. The van der Waals surface area contributed by atoms with Gasteiger partial charge >= 0.3 is 0 Å². The second-order valence-electron chi connectivity index (χ2n) is 8.18. The van der Waals surface area contributed by atoms with Crippen LogP contribution in [0.15, 0.2) is 50.3 Å². The molecule has 32 heavy (non-hydrogen) atoms. The molecule has 0 bridgehead atoms. The molecule has 0 saturated heterocycles. The Hall–Kier alpha value is -2.69. The van der Waals surface area contributed by atoms with Crippen LogP contribution in [0.1, 0.15) is 50.6 Å². The van der Waals surface area contributed by atoms with Crippen LogP contribution in [0.25, 0.3) is 11.5 Å². The van der Waals surface area contributed by atoms with Crippen LogP contribution in [0.2, 0.25) is 5.02 Å². The maximum absolute atomic E-state index is 13.0. The van der Waals surface area contributed by atoms with E-state index in [2.05, 4.69) is 14.9 Å². The lowest BCUT2D eigenvalue weighted by Crippen LogP contribution is -2.40. The largest absolute Gasteiger partial charge is 0.438 e. The summed E-state index contributed by atoms with van der Waals surface area (Å²) in [6.45, 7) is 7.46. The molecule has 0 aliphatic carbocycles. The van der Waals surface area contributed by atoms with Gasteiger partial charge in [0, 0.05) is 12.1 Å². The van der Waals surface area contributed by atoms with E-state index in [4.69, 9.17) is 20.4 Å². The summed E-state index contributed by atoms with van der Waals surface area (Å²) in [5.41, 5.74) is -0.102. The molecule has 0 saturated carbocycles. The second-order valence-corrected chi connectivity index (χ2v) is 10.2. The molecule has 2 aromatic heterocycles. The van der Waals surface area contributed by atoms with Crippen LogP contribution < -0.4 is 4.72 Å². The van der Waals surface area contributed by atoms with Crippen molar-refractivity contribution >= 4 is 27.5 Å². The highest BCUT2D eigenvalue weighted by molar-refractivity contribution is 7.89. The highest BCUT2D eigenvalue weighted by Gasteiger charge is 2.28. The first-order chi connectivity index (χ1) is 15.0. The normalized spacial score (nSPS) is 12.2. The van der Waals surface area contributed by atoms with Crippen LogP contribution in [0.5, 0.6) is 0 Å². The number of aromatic nitrogens is 2. The minimum absolute atomic E-state index is 0.0349. The molecule has 9 nitrogen and oxygen atoms in total. The maximum atomic E-state index is 13.0. The van der Waals surface area contributed by atoms with Crippen LogP contribution in [-0.4, -0.2) is 41.5 Å². The van der Waals surface area contributed by atoms with E-state index in [-0.39, 0.29) is 29.2 Å². The Labute approximate surface area is 191 Å². The van der Waals surface area contributed by atoms with Gasteiger partial charge in [0.15, 0.2) is 5.76 Å². The Bertz CT molecular complexity index is 1200. The van der Waals surface area contributed by atoms with Gasteiger partial charge in [0.1, 0.15) is 0 Å². The molecule has 0 fully saturated rings. The van der Waals surface area contributed by atoms with E-state index in [1.165, 1.54) is 17.0 Å². The number of hydrogen-bond donors (Lipinski definition) is 1. The lowest BCUT2D eigenvalue weighted by molar-refractivity contribution is 0.0690. The molecule has 0 radical (unpaired) electrons. The van der Waals surface area contributed by atoms with Crippen molar-refractivity contribution in [3.63, 3.8) is 0 Å². The van der Waals surface area contributed by atoms with Crippen LogP contribution in [-0.2, 0) is 16.6 Å². The number of furan rings is 1. The first kappa shape index (κ1) is 24.0. The van der Waals surface area contributed by atoms with E-state index in [0.717, 1.165) is 0 Å². The summed E-state index contributed by atoms with van der Waals surface area (Å²) in [4.78, 5) is 14.5. The standard InChI is InChI=1S/C21H25ClN4O5S/c1-5-12-26(13-17-23-24-19(31-17)14-8-6-7-9-15(14)22)20(27)16-10-11-18(30-16)32(28,29)25-21(2,3)4/h6-11,25H,5,12-13H2,1-4H3. The zero-order chi connectivity index (χ0) is 23.5. The summed E-state index contributed by atoms with van der Waals surface area (Å²) in [5.74, 6) is -0.121. The van der Waals surface area contributed by atoms with E-state index in [0.29, 0.717) is 23.6 Å². The predicted octanol–water partition coefficient (Wildman–Crippen LogP) is 4.11. The van der Waals surface area contributed by atoms with Gasteiger partial charge in [0.2, 0.25) is 16.9 Å². The second kappa shape index (κ2) is 9.43. The fourth-order valence-electron chi connectivity index (χ4n) is 2.94. The van der Waals surface area contributed by atoms with E-state index in [9.17, 15) is 13.2 Å². The molecule has 0 unspecified atom stereocenters. The molecular formula is C21H25ClN4O5S. The van der Waals surface area contributed by atoms with Crippen molar-refractivity contribution in [3.05, 3.63) is 53.1 Å². The third kappa shape index (κ3) is 5.76.